The number of allylic oxidation sites excluding steroid dienone is 1. The van der Waals surface area contributed by atoms with Gasteiger partial charge in [-0.3, -0.25) is 0 Å². The molecule has 4 rings (SSSR count). The van der Waals surface area contributed by atoms with Gasteiger partial charge in [0.05, 0.1) is 14.2 Å². The minimum Gasteiger partial charge on any atom is -0.496 e. The summed E-state index contributed by atoms with van der Waals surface area (Å²) in [5, 5.41) is 0. The molecule has 0 bridgehead atoms. The molecule has 3 heteroatoms. The van der Waals surface area contributed by atoms with Crippen LogP contribution >= 0.6 is 0 Å². The number of hydrogen-bond acceptors (Lipinski definition) is 3. The molecule has 0 atom stereocenters. The van der Waals surface area contributed by atoms with Crippen molar-refractivity contribution in [2.45, 2.75) is 52.9 Å². The topological polar surface area (TPSA) is 21.7 Å². The molecule has 0 saturated heterocycles. The zero-order valence-corrected chi connectivity index (χ0v) is 25.2. The molecule has 0 spiro atoms. The van der Waals surface area contributed by atoms with Gasteiger partial charge in [0, 0.05) is 28.2 Å². The third kappa shape index (κ3) is 7.91. The molecule has 0 heterocycles. The standard InChI is InChI=1S/C38H43NO2/c1-6-8-9-10-12-30-16-23-35(24-17-30)39(34-21-13-29(3)14-22-34)36-25-18-31(19-26-36)15-20-33-28-37(40-4)32(11-7-2)27-38(33)41-5/h7,11,13-28H,6,8-10,12H2,1-5H3. The van der Waals surface area contributed by atoms with E-state index < -0.39 is 0 Å². The molecule has 4 aromatic carbocycles. The molecule has 0 N–H and O–H groups in total. The minimum absolute atomic E-state index is 0.811. The third-order valence-electron chi connectivity index (χ3n) is 7.34. The Morgan fingerprint density at radius 2 is 1.17 bits per heavy atom. The summed E-state index contributed by atoms with van der Waals surface area (Å²) in [5.74, 6) is 1.63. The lowest BCUT2D eigenvalue weighted by Gasteiger charge is -2.26. The highest BCUT2D eigenvalue weighted by molar-refractivity contribution is 5.79. The van der Waals surface area contributed by atoms with Gasteiger partial charge in [0.2, 0.25) is 0 Å². The van der Waals surface area contributed by atoms with Gasteiger partial charge < -0.3 is 14.4 Å². The van der Waals surface area contributed by atoms with Gasteiger partial charge in [-0.1, -0.05) is 92.5 Å². The van der Waals surface area contributed by atoms with Crippen molar-refractivity contribution < 1.29 is 9.47 Å². The Labute approximate surface area is 246 Å². The number of aryl methyl sites for hydroxylation is 2. The second-order valence-electron chi connectivity index (χ2n) is 10.4. The van der Waals surface area contributed by atoms with E-state index in [-0.39, 0.29) is 0 Å². The molecule has 0 fully saturated rings. The van der Waals surface area contributed by atoms with Gasteiger partial charge in [-0.25, -0.2) is 0 Å². The molecule has 3 nitrogen and oxygen atoms in total. The Hall–Kier alpha value is -4.24. The molecule has 0 aliphatic carbocycles. The lowest BCUT2D eigenvalue weighted by Crippen LogP contribution is -2.10. The molecule has 0 unspecified atom stereocenters. The SMILES string of the molecule is CC=Cc1cc(OC)c(C=Cc2ccc(N(c3ccc(C)cc3)c3ccc(CCCCCC)cc3)cc2)cc1OC. The van der Waals surface area contributed by atoms with Crippen LogP contribution in [-0.4, -0.2) is 14.2 Å². The van der Waals surface area contributed by atoms with Gasteiger partial charge in [-0.2, -0.15) is 0 Å². The molecule has 0 amide bonds. The van der Waals surface area contributed by atoms with Crippen LogP contribution in [0.25, 0.3) is 18.2 Å². The average Bonchev–Trinajstić information content (AvgIpc) is 3.01. The molecule has 0 aromatic heterocycles. The van der Waals surface area contributed by atoms with Crippen molar-refractivity contribution in [2.24, 2.45) is 0 Å². The number of hydrogen-bond donors (Lipinski definition) is 0. The summed E-state index contributed by atoms with van der Waals surface area (Å²) < 4.78 is 11.3. The first kappa shape index (κ1) is 29.7. The van der Waals surface area contributed by atoms with Crippen molar-refractivity contribution >= 4 is 35.3 Å². The first-order chi connectivity index (χ1) is 20.1. The summed E-state index contributed by atoms with van der Waals surface area (Å²) in [7, 11) is 3.40. The van der Waals surface area contributed by atoms with Crippen LogP contribution in [0.2, 0.25) is 0 Å². The first-order valence-electron chi connectivity index (χ1n) is 14.7. The zero-order chi connectivity index (χ0) is 29.0. The molecular formula is C38H43NO2. The predicted molar refractivity (Wildman–Crippen MR) is 177 cm³/mol. The number of unbranched alkanes of at least 4 members (excludes halogenated alkanes) is 3. The molecule has 0 radical (unpaired) electrons. The summed E-state index contributed by atoms with van der Waals surface area (Å²) in [6, 6.07) is 30.5. The molecule has 212 valence electrons. The number of methoxy groups -OCH3 is 2. The van der Waals surface area contributed by atoms with E-state index in [9.17, 15) is 0 Å². The zero-order valence-electron chi connectivity index (χ0n) is 25.2. The molecule has 0 aliphatic heterocycles. The normalized spacial score (nSPS) is 11.3. The summed E-state index contributed by atoms with van der Waals surface area (Å²) in [6.07, 6.45) is 14.5. The van der Waals surface area contributed by atoms with Gasteiger partial charge in [-0.15, -0.1) is 0 Å². The molecule has 41 heavy (non-hydrogen) atoms. The Kier molecular flexibility index (Phi) is 10.8. The Balaban J connectivity index is 1.59. The highest BCUT2D eigenvalue weighted by atomic mass is 16.5. The highest BCUT2D eigenvalue weighted by Crippen LogP contribution is 2.36. The predicted octanol–water partition coefficient (Wildman–Crippen LogP) is 10.8. The van der Waals surface area contributed by atoms with E-state index in [1.165, 1.54) is 36.8 Å². The van der Waals surface area contributed by atoms with Crippen LogP contribution in [0, 0.1) is 6.92 Å². The number of nitrogens with zero attached hydrogens (tertiary/aromatic N) is 1. The fraction of sp³-hybridized carbons (Fsp3) is 0.263. The van der Waals surface area contributed by atoms with E-state index in [1.807, 2.05) is 31.2 Å². The van der Waals surface area contributed by atoms with Crippen molar-refractivity contribution in [3.05, 3.63) is 119 Å². The number of ether oxygens (including phenoxy) is 2. The van der Waals surface area contributed by atoms with Gasteiger partial charge >= 0.3 is 0 Å². The van der Waals surface area contributed by atoms with Crippen molar-refractivity contribution in [1.82, 2.24) is 0 Å². The molecule has 4 aromatic rings. The molecule has 0 saturated carbocycles. The monoisotopic (exact) mass is 545 g/mol. The maximum Gasteiger partial charge on any atom is 0.126 e. The van der Waals surface area contributed by atoms with E-state index in [4.69, 9.17) is 9.47 Å². The first-order valence-corrected chi connectivity index (χ1v) is 14.7. The van der Waals surface area contributed by atoms with E-state index in [2.05, 4.69) is 104 Å². The summed E-state index contributed by atoms with van der Waals surface area (Å²) in [4.78, 5) is 2.32. The van der Waals surface area contributed by atoms with Crippen molar-refractivity contribution in [1.29, 1.82) is 0 Å². The maximum absolute atomic E-state index is 5.67. The summed E-state index contributed by atoms with van der Waals surface area (Å²) in [6.45, 7) is 6.38. The summed E-state index contributed by atoms with van der Waals surface area (Å²) in [5.41, 5.74) is 9.16. The lowest BCUT2D eigenvalue weighted by molar-refractivity contribution is 0.401. The largest absolute Gasteiger partial charge is 0.496 e. The lowest BCUT2D eigenvalue weighted by atomic mass is 10.0. The third-order valence-corrected chi connectivity index (χ3v) is 7.34. The van der Waals surface area contributed by atoms with Crippen molar-refractivity contribution in [2.75, 3.05) is 19.1 Å². The van der Waals surface area contributed by atoms with Crippen LogP contribution in [0.4, 0.5) is 17.1 Å². The molecule has 0 aliphatic rings. The van der Waals surface area contributed by atoms with E-state index >= 15 is 0 Å². The van der Waals surface area contributed by atoms with Gasteiger partial charge in [0.15, 0.2) is 0 Å². The quantitative estimate of drug-likeness (QED) is 0.123. The fourth-order valence-electron chi connectivity index (χ4n) is 5.01. The van der Waals surface area contributed by atoms with E-state index in [0.29, 0.717) is 0 Å². The number of anilines is 3. The Morgan fingerprint density at radius 1 is 0.634 bits per heavy atom. The second-order valence-corrected chi connectivity index (χ2v) is 10.4. The van der Waals surface area contributed by atoms with Crippen LogP contribution in [0.3, 0.4) is 0 Å². The number of benzene rings is 4. The van der Waals surface area contributed by atoms with E-state index in [0.717, 1.165) is 51.7 Å². The minimum atomic E-state index is 0.811. The Bertz CT molecular complexity index is 1430. The van der Waals surface area contributed by atoms with Gasteiger partial charge in [-0.05, 0) is 86.3 Å². The van der Waals surface area contributed by atoms with Crippen LogP contribution in [0.15, 0.2) is 91.0 Å². The smallest absolute Gasteiger partial charge is 0.126 e. The van der Waals surface area contributed by atoms with E-state index in [1.54, 1.807) is 14.2 Å². The van der Waals surface area contributed by atoms with Crippen molar-refractivity contribution in [3.8, 4) is 11.5 Å². The fourth-order valence-corrected chi connectivity index (χ4v) is 5.01. The van der Waals surface area contributed by atoms with Crippen LogP contribution in [0.1, 0.15) is 67.3 Å². The molecular weight excluding hydrogens is 502 g/mol. The summed E-state index contributed by atoms with van der Waals surface area (Å²) >= 11 is 0. The van der Waals surface area contributed by atoms with Gasteiger partial charge in [0.1, 0.15) is 11.5 Å². The second kappa shape index (κ2) is 14.9. The average molecular weight is 546 g/mol. The maximum atomic E-state index is 5.67. The van der Waals surface area contributed by atoms with Crippen LogP contribution < -0.4 is 14.4 Å². The van der Waals surface area contributed by atoms with Crippen LogP contribution in [0.5, 0.6) is 11.5 Å². The van der Waals surface area contributed by atoms with Crippen LogP contribution in [-0.2, 0) is 6.42 Å². The van der Waals surface area contributed by atoms with Crippen molar-refractivity contribution in [3.63, 3.8) is 0 Å². The van der Waals surface area contributed by atoms with Gasteiger partial charge in [0.25, 0.3) is 0 Å². The number of rotatable bonds is 13. The highest BCUT2D eigenvalue weighted by Gasteiger charge is 2.13. The Morgan fingerprint density at radius 3 is 1.71 bits per heavy atom.